The molecule has 0 heterocycles. The van der Waals surface area contributed by atoms with Gasteiger partial charge in [-0.3, -0.25) is 4.79 Å². The number of aryl methyl sites for hydroxylation is 1. The maximum atomic E-state index is 12.5. The summed E-state index contributed by atoms with van der Waals surface area (Å²) >= 11 is 3.60. The second-order valence-corrected chi connectivity index (χ2v) is 8.27. The molecule has 3 nitrogen and oxygen atoms in total. The Hall–Kier alpha value is -1.03. The Balaban J connectivity index is 2.12. The molecule has 23 heavy (non-hydrogen) atoms. The van der Waals surface area contributed by atoms with E-state index < -0.39 is 0 Å². The van der Waals surface area contributed by atoms with Crippen LogP contribution in [0, 0.1) is 11.3 Å². The molecule has 0 unspecified atom stereocenters. The summed E-state index contributed by atoms with van der Waals surface area (Å²) in [7, 11) is 3.21. The minimum atomic E-state index is -0.389. The molecular formula is C19H25BrO3. The molecule has 1 aromatic carbocycles. The van der Waals surface area contributed by atoms with Gasteiger partial charge in [0.15, 0.2) is 0 Å². The van der Waals surface area contributed by atoms with Crippen molar-refractivity contribution < 1.29 is 14.3 Å². The van der Waals surface area contributed by atoms with E-state index in [2.05, 4.69) is 41.9 Å². The third-order valence-corrected chi connectivity index (χ3v) is 6.90. The zero-order valence-corrected chi connectivity index (χ0v) is 16.0. The van der Waals surface area contributed by atoms with Crippen molar-refractivity contribution in [2.45, 2.75) is 51.4 Å². The van der Waals surface area contributed by atoms with Crippen molar-refractivity contribution in [3.63, 3.8) is 0 Å². The molecule has 0 aliphatic heterocycles. The summed E-state index contributed by atoms with van der Waals surface area (Å²) in [5.41, 5.74) is 2.34. The van der Waals surface area contributed by atoms with E-state index in [1.54, 1.807) is 7.11 Å². The smallest absolute Gasteiger partial charge is 0.311 e. The zero-order valence-electron chi connectivity index (χ0n) is 14.4. The number of fused-ring (bicyclic) bond motifs is 3. The number of carbonyl (C=O) groups is 1. The highest BCUT2D eigenvalue weighted by Crippen LogP contribution is 2.58. The van der Waals surface area contributed by atoms with Crippen LogP contribution in [0.2, 0.25) is 0 Å². The Kier molecular flexibility index (Phi) is 4.24. The first-order valence-corrected chi connectivity index (χ1v) is 9.11. The summed E-state index contributed by atoms with van der Waals surface area (Å²) in [5.74, 6) is 1.13. The molecule has 3 atom stereocenters. The van der Waals surface area contributed by atoms with Crippen molar-refractivity contribution in [1.29, 1.82) is 0 Å². The molecule has 126 valence electrons. The molecule has 0 radical (unpaired) electrons. The number of methoxy groups -OCH3 is 2. The SMILES string of the molecule is COC(=O)[C@@]1(C)CCC[C@]2(C)c3cc(OC)c(Br)cc3CC[C@@H]12. The van der Waals surface area contributed by atoms with E-state index in [9.17, 15) is 4.79 Å². The van der Waals surface area contributed by atoms with Gasteiger partial charge in [0.25, 0.3) is 0 Å². The number of benzene rings is 1. The van der Waals surface area contributed by atoms with Gasteiger partial charge >= 0.3 is 5.97 Å². The molecule has 0 aromatic heterocycles. The van der Waals surface area contributed by atoms with E-state index in [4.69, 9.17) is 9.47 Å². The van der Waals surface area contributed by atoms with E-state index in [0.717, 1.165) is 42.3 Å². The first-order chi connectivity index (χ1) is 10.9. The van der Waals surface area contributed by atoms with Crippen molar-refractivity contribution in [2.24, 2.45) is 11.3 Å². The maximum absolute atomic E-state index is 12.5. The monoisotopic (exact) mass is 380 g/mol. The molecule has 0 bridgehead atoms. The van der Waals surface area contributed by atoms with Gasteiger partial charge in [0.2, 0.25) is 0 Å². The average Bonchev–Trinajstić information content (AvgIpc) is 2.53. The molecule has 0 spiro atoms. The number of hydrogen-bond donors (Lipinski definition) is 0. The lowest BCUT2D eigenvalue weighted by molar-refractivity contribution is -0.161. The van der Waals surface area contributed by atoms with Crippen molar-refractivity contribution in [2.75, 3.05) is 14.2 Å². The van der Waals surface area contributed by atoms with Gasteiger partial charge in [-0.1, -0.05) is 13.3 Å². The Morgan fingerprint density at radius 1 is 1.26 bits per heavy atom. The molecule has 0 amide bonds. The number of rotatable bonds is 2. The number of ether oxygens (including phenoxy) is 2. The van der Waals surface area contributed by atoms with Crippen LogP contribution < -0.4 is 4.74 Å². The Morgan fingerprint density at radius 3 is 2.65 bits per heavy atom. The summed E-state index contributed by atoms with van der Waals surface area (Å²) in [6.45, 7) is 4.42. The van der Waals surface area contributed by atoms with Gasteiger partial charge in [-0.25, -0.2) is 0 Å². The van der Waals surface area contributed by atoms with Crippen LogP contribution in [0.3, 0.4) is 0 Å². The van der Waals surface area contributed by atoms with Gasteiger partial charge in [-0.2, -0.15) is 0 Å². The van der Waals surface area contributed by atoms with Crippen LogP contribution in [0.1, 0.15) is 50.7 Å². The van der Waals surface area contributed by atoms with Crippen LogP contribution >= 0.6 is 15.9 Å². The number of hydrogen-bond acceptors (Lipinski definition) is 3. The molecule has 4 heteroatoms. The van der Waals surface area contributed by atoms with Gasteiger partial charge in [-0.05, 0) is 83.1 Å². The molecule has 1 aromatic rings. The van der Waals surface area contributed by atoms with Crippen LogP contribution in [0.15, 0.2) is 16.6 Å². The van der Waals surface area contributed by atoms with E-state index in [1.807, 2.05) is 0 Å². The maximum Gasteiger partial charge on any atom is 0.311 e. The summed E-state index contributed by atoms with van der Waals surface area (Å²) in [6, 6.07) is 4.37. The molecule has 1 saturated carbocycles. The van der Waals surface area contributed by atoms with Crippen LogP contribution in [0.25, 0.3) is 0 Å². The quantitative estimate of drug-likeness (QED) is 0.700. The van der Waals surface area contributed by atoms with Crippen molar-refractivity contribution in [3.8, 4) is 5.75 Å². The van der Waals surface area contributed by atoms with Gasteiger partial charge in [0, 0.05) is 0 Å². The molecule has 0 saturated heterocycles. The molecule has 1 fully saturated rings. The molecular weight excluding hydrogens is 356 g/mol. The molecule has 2 aliphatic rings. The van der Waals surface area contributed by atoms with Crippen LogP contribution in [-0.2, 0) is 21.4 Å². The van der Waals surface area contributed by atoms with Crippen molar-refractivity contribution in [3.05, 3.63) is 27.7 Å². The summed E-state index contributed by atoms with van der Waals surface area (Å²) in [5, 5.41) is 0. The second kappa shape index (κ2) is 5.80. The standard InChI is InChI=1S/C19H25BrO3/c1-18-8-5-9-19(2,17(21)23-4)16(18)7-6-12-10-14(20)15(22-3)11-13(12)18/h10-11,16H,5-9H2,1-4H3/t16-,18-,19+/m1/s1. The molecule has 3 rings (SSSR count). The van der Waals surface area contributed by atoms with Crippen LogP contribution in [0.4, 0.5) is 0 Å². The van der Waals surface area contributed by atoms with Gasteiger partial charge < -0.3 is 9.47 Å². The fourth-order valence-corrected chi connectivity index (χ4v) is 5.65. The Bertz CT molecular complexity index is 642. The fourth-order valence-electron chi connectivity index (χ4n) is 5.10. The largest absolute Gasteiger partial charge is 0.496 e. The lowest BCUT2D eigenvalue weighted by Crippen LogP contribution is -2.52. The number of carbonyl (C=O) groups excluding carboxylic acids is 1. The van der Waals surface area contributed by atoms with Crippen molar-refractivity contribution >= 4 is 21.9 Å². The third-order valence-electron chi connectivity index (χ3n) is 6.28. The first kappa shape index (κ1) is 16.8. The normalized spacial score (nSPS) is 32.7. The molecule has 0 N–H and O–H groups in total. The highest BCUT2D eigenvalue weighted by Gasteiger charge is 2.55. The minimum absolute atomic E-state index is 0.00273. The summed E-state index contributed by atoms with van der Waals surface area (Å²) in [4.78, 5) is 12.5. The predicted molar refractivity (Wildman–Crippen MR) is 93.8 cm³/mol. The van der Waals surface area contributed by atoms with E-state index in [-0.39, 0.29) is 16.8 Å². The molecule has 2 aliphatic carbocycles. The number of esters is 1. The lowest BCUT2D eigenvalue weighted by Gasteiger charge is -2.54. The van der Waals surface area contributed by atoms with Crippen LogP contribution in [0.5, 0.6) is 5.75 Å². The van der Waals surface area contributed by atoms with Gasteiger partial charge in [0.1, 0.15) is 5.75 Å². The highest BCUT2D eigenvalue weighted by molar-refractivity contribution is 9.10. The first-order valence-electron chi connectivity index (χ1n) is 8.32. The fraction of sp³-hybridized carbons (Fsp3) is 0.632. The lowest BCUT2D eigenvalue weighted by atomic mass is 9.50. The summed E-state index contributed by atoms with van der Waals surface area (Å²) < 4.78 is 11.7. The van der Waals surface area contributed by atoms with Gasteiger partial charge in [-0.15, -0.1) is 0 Å². The highest BCUT2D eigenvalue weighted by atomic mass is 79.9. The van der Waals surface area contributed by atoms with Gasteiger partial charge in [0.05, 0.1) is 24.1 Å². The second-order valence-electron chi connectivity index (χ2n) is 7.42. The third kappa shape index (κ3) is 2.41. The Labute approximate surface area is 146 Å². The van der Waals surface area contributed by atoms with E-state index in [1.165, 1.54) is 18.2 Å². The summed E-state index contributed by atoms with van der Waals surface area (Å²) in [6.07, 6.45) is 5.13. The minimum Gasteiger partial charge on any atom is -0.496 e. The van der Waals surface area contributed by atoms with E-state index in [0.29, 0.717) is 5.92 Å². The zero-order chi connectivity index (χ0) is 16.8. The van der Waals surface area contributed by atoms with E-state index >= 15 is 0 Å². The average molecular weight is 381 g/mol. The number of halogens is 1. The predicted octanol–water partition coefficient (Wildman–Crippen LogP) is 4.64. The Morgan fingerprint density at radius 2 is 2.00 bits per heavy atom. The van der Waals surface area contributed by atoms with Crippen molar-refractivity contribution in [1.82, 2.24) is 0 Å². The van der Waals surface area contributed by atoms with Crippen LogP contribution in [-0.4, -0.2) is 20.2 Å². The topological polar surface area (TPSA) is 35.5 Å².